The average Bonchev–Trinajstić information content (AvgIpc) is 2.28. The highest BCUT2D eigenvalue weighted by atomic mass is 19.1. The van der Waals surface area contributed by atoms with E-state index in [-0.39, 0.29) is 13.1 Å². The average molecular weight is 204 g/mol. The van der Waals surface area contributed by atoms with Crippen LogP contribution in [0.4, 0.5) is 9.18 Å². The van der Waals surface area contributed by atoms with Gasteiger partial charge in [-0.1, -0.05) is 0 Å². The smallest absolute Gasteiger partial charge is 0.410 e. The van der Waals surface area contributed by atoms with Gasteiger partial charge in [-0.15, -0.1) is 0 Å². The molecule has 2 atom stereocenters. The Labute approximate surface area is 83.2 Å². The number of rotatable bonds is 0. The zero-order chi connectivity index (χ0) is 10.9. The molecule has 5 heteroatoms. The minimum absolute atomic E-state index is 0.0378. The van der Waals surface area contributed by atoms with Crippen molar-refractivity contribution in [2.24, 2.45) is 5.73 Å². The van der Waals surface area contributed by atoms with Crippen LogP contribution in [0.1, 0.15) is 20.8 Å². The van der Waals surface area contributed by atoms with Gasteiger partial charge in [0.1, 0.15) is 11.8 Å². The molecule has 4 nitrogen and oxygen atoms in total. The first-order valence-electron chi connectivity index (χ1n) is 4.67. The van der Waals surface area contributed by atoms with Crippen LogP contribution >= 0.6 is 0 Å². The fraction of sp³-hybridized carbons (Fsp3) is 0.889. The maximum absolute atomic E-state index is 13.0. The Kier molecular flexibility index (Phi) is 2.99. The van der Waals surface area contributed by atoms with E-state index in [0.717, 1.165) is 0 Å². The number of likely N-dealkylation sites (tertiary alicyclic amines) is 1. The standard InChI is InChI=1S/C9H17FN2O2/c1-9(2,3)14-8(13)12-4-6(10)7(11)5-12/h6-7H,4-5,11H2,1-3H3/t6-,7+/m1/s1. The van der Waals surface area contributed by atoms with Crippen LogP contribution in [0.5, 0.6) is 0 Å². The largest absolute Gasteiger partial charge is 0.444 e. The summed E-state index contributed by atoms with van der Waals surface area (Å²) in [7, 11) is 0. The molecule has 1 aliphatic heterocycles. The van der Waals surface area contributed by atoms with E-state index in [2.05, 4.69) is 0 Å². The first-order chi connectivity index (χ1) is 6.29. The number of nitrogens with two attached hydrogens (primary N) is 1. The summed E-state index contributed by atoms with van der Waals surface area (Å²) in [6.07, 6.45) is -1.63. The zero-order valence-electron chi connectivity index (χ0n) is 8.79. The van der Waals surface area contributed by atoms with E-state index in [1.54, 1.807) is 20.8 Å². The summed E-state index contributed by atoms with van der Waals surface area (Å²) in [5, 5.41) is 0. The lowest BCUT2D eigenvalue weighted by Crippen LogP contribution is -2.36. The molecule has 2 N–H and O–H groups in total. The minimum Gasteiger partial charge on any atom is -0.444 e. The van der Waals surface area contributed by atoms with Crippen LogP contribution in [0, 0.1) is 0 Å². The Morgan fingerprint density at radius 1 is 1.50 bits per heavy atom. The highest BCUT2D eigenvalue weighted by Gasteiger charge is 2.35. The maximum atomic E-state index is 13.0. The molecule has 0 unspecified atom stereocenters. The maximum Gasteiger partial charge on any atom is 0.410 e. The molecule has 0 aromatic rings. The van der Waals surface area contributed by atoms with Gasteiger partial charge in [-0.25, -0.2) is 9.18 Å². The molecule has 1 heterocycles. The summed E-state index contributed by atoms with van der Waals surface area (Å²) in [5.41, 5.74) is 4.90. The van der Waals surface area contributed by atoms with Crippen molar-refractivity contribution in [3.05, 3.63) is 0 Å². The third-order valence-corrected chi connectivity index (χ3v) is 1.94. The Bertz CT molecular complexity index is 217. The zero-order valence-corrected chi connectivity index (χ0v) is 8.79. The van der Waals surface area contributed by atoms with Crippen LogP contribution in [-0.4, -0.2) is 41.9 Å². The highest BCUT2D eigenvalue weighted by molar-refractivity contribution is 5.68. The van der Waals surface area contributed by atoms with Gasteiger partial charge in [0.25, 0.3) is 0 Å². The van der Waals surface area contributed by atoms with E-state index in [4.69, 9.17) is 10.5 Å². The highest BCUT2D eigenvalue weighted by Crippen LogP contribution is 2.16. The van der Waals surface area contributed by atoms with Gasteiger partial charge < -0.3 is 15.4 Å². The normalized spacial score (nSPS) is 27.9. The third-order valence-electron chi connectivity index (χ3n) is 1.94. The van der Waals surface area contributed by atoms with Crippen molar-refractivity contribution in [2.75, 3.05) is 13.1 Å². The summed E-state index contributed by atoms with van der Waals surface area (Å²) in [6.45, 7) is 5.58. The summed E-state index contributed by atoms with van der Waals surface area (Å²) in [5.74, 6) is 0. The van der Waals surface area contributed by atoms with Crippen molar-refractivity contribution in [3.8, 4) is 0 Å². The number of carbonyl (C=O) groups is 1. The summed E-state index contributed by atoms with van der Waals surface area (Å²) < 4.78 is 18.1. The summed E-state index contributed by atoms with van der Waals surface area (Å²) in [6, 6.07) is -0.581. The number of carbonyl (C=O) groups excluding carboxylic acids is 1. The number of hydrogen-bond donors (Lipinski definition) is 1. The van der Waals surface area contributed by atoms with Gasteiger partial charge in [-0.3, -0.25) is 0 Å². The quantitative estimate of drug-likeness (QED) is 0.638. The van der Waals surface area contributed by atoms with Crippen molar-refractivity contribution in [1.82, 2.24) is 4.90 Å². The van der Waals surface area contributed by atoms with Gasteiger partial charge in [0.15, 0.2) is 0 Å². The van der Waals surface area contributed by atoms with Gasteiger partial charge in [-0.05, 0) is 20.8 Å². The molecule has 0 aromatic heterocycles. The molecule has 14 heavy (non-hydrogen) atoms. The number of nitrogens with zero attached hydrogens (tertiary/aromatic N) is 1. The van der Waals surface area contributed by atoms with Crippen molar-refractivity contribution >= 4 is 6.09 Å². The predicted octanol–water partition coefficient (Wildman–Crippen LogP) is 0.903. The van der Waals surface area contributed by atoms with E-state index in [1.807, 2.05) is 0 Å². The SMILES string of the molecule is CC(C)(C)OC(=O)N1C[C@@H](F)[C@@H](N)C1. The Morgan fingerprint density at radius 3 is 2.43 bits per heavy atom. The van der Waals surface area contributed by atoms with Crippen LogP contribution in [0.15, 0.2) is 0 Å². The molecule has 0 bridgehead atoms. The van der Waals surface area contributed by atoms with E-state index in [1.165, 1.54) is 4.90 Å². The van der Waals surface area contributed by atoms with Crippen LogP contribution in [0.25, 0.3) is 0 Å². The number of hydrogen-bond acceptors (Lipinski definition) is 3. The molecule has 1 aliphatic rings. The number of alkyl halides is 1. The van der Waals surface area contributed by atoms with E-state index >= 15 is 0 Å². The second-order valence-corrected chi connectivity index (χ2v) is 4.57. The van der Waals surface area contributed by atoms with Crippen molar-refractivity contribution in [1.29, 1.82) is 0 Å². The molecule has 0 radical (unpaired) electrons. The fourth-order valence-corrected chi connectivity index (χ4v) is 1.26. The molecular weight excluding hydrogens is 187 g/mol. The van der Waals surface area contributed by atoms with Gasteiger partial charge in [0.05, 0.1) is 12.6 Å². The Hall–Kier alpha value is -0.840. The molecule has 0 aromatic carbocycles. The molecule has 1 fully saturated rings. The first kappa shape index (κ1) is 11.2. The van der Waals surface area contributed by atoms with Crippen molar-refractivity contribution < 1.29 is 13.9 Å². The van der Waals surface area contributed by atoms with E-state index in [0.29, 0.717) is 0 Å². The number of ether oxygens (including phenoxy) is 1. The first-order valence-corrected chi connectivity index (χ1v) is 4.67. The molecule has 0 saturated carbocycles. The van der Waals surface area contributed by atoms with Crippen molar-refractivity contribution in [3.63, 3.8) is 0 Å². The van der Waals surface area contributed by atoms with E-state index < -0.39 is 23.9 Å². The van der Waals surface area contributed by atoms with E-state index in [9.17, 15) is 9.18 Å². The molecule has 0 aliphatic carbocycles. The fourth-order valence-electron chi connectivity index (χ4n) is 1.26. The second kappa shape index (κ2) is 3.73. The minimum atomic E-state index is -1.14. The lowest BCUT2D eigenvalue weighted by atomic mass is 10.2. The number of halogens is 1. The van der Waals surface area contributed by atoms with Crippen LogP contribution in [-0.2, 0) is 4.74 Å². The van der Waals surface area contributed by atoms with Gasteiger partial charge in [0.2, 0.25) is 0 Å². The van der Waals surface area contributed by atoms with Gasteiger partial charge in [-0.2, -0.15) is 0 Å². The summed E-state index contributed by atoms with van der Waals surface area (Å²) in [4.78, 5) is 12.7. The molecule has 0 spiro atoms. The van der Waals surface area contributed by atoms with Gasteiger partial charge >= 0.3 is 6.09 Å². The lowest BCUT2D eigenvalue weighted by molar-refractivity contribution is 0.0283. The number of amides is 1. The molecule has 82 valence electrons. The molecule has 1 rings (SSSR count). The molecule has 1 amide bonds. The predicted molar refractivity (Wildman–Crippen MR) is 50.7 cm³/mol. The molecular formula is C9H17FN2O2. The second-order valence-electron chi connectivity index (χ2n) is 4.57. The van der Waals surface area contributed by atoms with Crippen LogP contribution < -0.4 is 5.73 Å². The van der Waals surface area contributed by atoms with Crippen molar-refractivity contribution in [2.45, 2.75) is 38.6 Å². The Balaban J connectivity index is 2.48. The van der Waals surface area contributed by atoms with Gasteiger partial charge in [0, 0.05) is 6.54 Å². The Morgan fingerprint density at radius 2 is 2.07 bits per heavy atom. The van der Waals surface area contributed by atoms with Crippen LogP contribution in [0.3, 0.4) is 0 Å². The monoisotopic (exact) mass is 204 g/mol. The molecule has 1 saturated heterocycles. The lowest BCUT2D eigenvalue weighted by Gasteiger charge is -2.24. The third kappa shape index (κ3) is 2.83. The topological polar surface area (TPSA) is 55.6 Å². The summed E-state index contributed by atoms with van der Waals surface area (Å²) >= 11 is 0. The van der Waals surface area contributed by atoms with Crippen LogP contribution in [0.2, 0.25) is 0 Å².